The number of nitrogens with zero attached hydrogens (tertiary/aromatic N) is 9. The van der Waals surface area contributed by atoms with Crippen molar-refractivity contribution in [2.45, 2.75) is 18.5 Å². The van der Waals surface area contributed by atoms with Crippen LogP contribution < -0.4 is 0 Å². The molecule has 0 aromatic carbocycles. The highest BCUT2D eigenvalue weighted by molar-refractivity contribution is 6.12. The summed E-state index contributed by atoms with van der Waals surface area (Å²) < 4.78 is 123. The van der Waals surface area contributed by atoms with E-state index in [0.29, 0.717) is 18.2 Å². The molecular weight excluding hydrogens is 657 g/mol. The fourth-order valence-corrected chi connectivity index (χ4v) is 4.35. The highest BCUT2D eigenvalue weighted by Crippen LogP contribution is 2.56. The zero-order valence-electron chi connectivity index (χ0n) is 22.9. The first-order valence-corrected chi connectivity index (χ1v) is 12.3. The second-order valence-electron chi connectivity index (χ2n) is 9.27. The molecule has 3 heterocycles. The molecule has 0 unspecified atom stereocenters. The van der Waals surface area contributed by atoms with E-state index in [-0.39, 0.29) is 0 Å². The molecule has 18 heteroatoms. The van der Waals surface area contributed by atoms with Gasteiger partial charge in [-0.1, -0.05) is 6.57 Å². The van der Waals surface area contributed by atoms with Gasteiger partial charge in [0.15, 0.2) is 0 Å². The third kappa shape index (κ3) is 6.50. The lowest BCUT2D eigenvalue weighted by Gasteiger charge is -2.08. The van der Waals surface area contributed by atoms with Crippen molar-refractivity contribution >= 4 is 22.5 Å². The lowest BCUT2D eigenvalue weighted by Crippen LogP contribution is -2.10. The lowest BCUT2D eigenvalue weighted by atomic mass is 10.0. The van der Waals surface area contributed by atoms with Crippen LogP contribution in [0.15, 0.2) is 53.1 Å². The summed E-state index contributed by atoms with van der Waals surface area (Å²) in [7, 11) is 0. The zero-order valence-corrected chi connectivity index (χ0v) is 22.9. The van der Waals surface area contributed by atoms with Gasteiger partial charge >= 0.3 is 18.5 Å². The molecule has 0 atom stereocenters. The number of hydrogen-bond donors (Lipinski definition) is 0. The summed E-state index contributed by atoms with van der Waals surface area (Å²) in [6.07, 6.45) is -15.5. The van der Waals surface area contributed by atoms with Gasteiger partial charge in [-0.25, -0.2) is 9.97 Å². The van der Waals surface area contributed by atoms with E-state index in [9.17, 15) is 65.8 Å². The summed E-state index contributed by atoms with van der Waals surface area (Å²) in [5, 5.41) is 48.8. The number of hydrogen-bond acceptors (Lipinski definition) is 8. The first kappa shape index (κ1) is 33.9. The van der Waals surface area contributed by atoms with Crippen molar-refractivity contribution in [3.05, 3.63) is 110 Å². The van der Waals surface area contributed by atoms with Gasteiger partial charge in [0.2, 0.25) is 5.69 Å². The number of alkyl halides is 9. The molecule has 0 aliphatic heterocycles. The average Bonchev–Trinajstić information content (AvgIpc) is 3.73. The predicted molar refractivity (Wildman–Crippen MR) is 141 cm³/mol. The van der Waals surface area contributed by atoms with E-state index in [2.05, 4.69) is 19.8 Å². The number of pyridine rings is 3. The number of nitriles is 5. The van der Waals surface area contributed by atoms with Gasteiger partial charge in [0.1, 0.15) is 53.1 Å². The second-order valence-corrected chi connectivity index (χ2v) is 9.27. The quantitative estimate of drug-likeness (QED) is 0.158. The van der Waals surface area contributed by atoms with Crippen molar-refractivity contribution in [1.82, 2.24) is 15.0 Å². The van der Waals surface area contributed by atoms with Gasteiger partial charge in [-0.2, -0.15) is 65.8 Å². The SMILES string of the molecule is [C-]#[N+]c1cc(C(C#N)=C2C(=C(\C#N)c3cc(C#N)nc(C(F)(F)F)c3)/C2=C(\C#N)c2cc(C#N)nc(C(F)(F)F)c2)cc(C(F)(F)F)n1. The largest absolute Gasteiger partial charge is 0.456 e. The Morgan fingerprint density at radius 2 is 0.833 bits per heavy atom. The first-order valence-electron chi connectivity index (χ1n) is 12.3. The van der Waals surface area contributed by atoms with E-state index < -0.39 is 103 Å². The number of allylic oxidation sites excluding steroid dienone is 6. The molecule has 1 aliphatic carbocycles. The van der Waals surface area contributed by atoms with Crippen molar-refractivity contribution in [3.8, 4) is 30.3 Å². The van der Waals surface area contributed by atoms with Gasteiger partial charge in [-0.05, 0) is 47.0 Å². The summed E-state index contributed by atoms with van der Waals surface area (Å²) in [5.41, 5.74) is -12.7. The van der Waals surface area contributed by atoms with Gasteiger partial charge in [0.05, 0.1) is 16.7 Å². The Kier molecular flexibility index (Phi) is 8.51. The molecule has 0 radical (unpaired) electrons. The third-order valence-corrected chi connectivity index (χ3v) is 6.32. The standard InChI is InChI=1S/C30H6F9N9/c1-45-24-7-15(6-23(48-24)30(37,38)39)20(12-44)27-25(18(10-42)13-2-16(8-40)46-21(4-13)28(31,32)33)26(27)19(11-43)14-3-17(9-41)47-22(5-14)29(34,35)36/h2-7H/b25-18-,26-19+,27-20?. The lowest BCUT2D eigenvalue weighted by molar-refractivity contribution is -0.142. The van der Waals surface area contributed by atoms with Crippen LogP contribution in [0, 0.1) is 63.2 Å². The van der Waals surface area contributed by atoms with Gasteiger partial charge in [-0.15, -0.1) is 4.98 Å². The first-order chi connectivity index (χ1) is 22.4. The second kappa shape index (κ2) is 12.1. The third-order valence-electron chi connectivity index (χ3n) is 6.32. The molecule has 0 amide bonds. The summed E-state index contributed by atoms with van der Waals surface area (Å²) in [5.74, 6) is -0.865. The molecule has 0 N–H and O–H groups in total. The Labute approximate surface area is 262 Å². The van der Waals surface area contributed by atoms with Crippen molar-refractivity contribution in [1.29, 1.82) is 26.3 Å². The Balaban J connectivity index is 2.24. The van der Waals surface area contributed by atoms with Gasteiger partial charge in [0, 0.05) is 22.8 Å². The highest BCUT2D eigenvalue weighted by Gasteiger charge is 2.44. The molecule has 1 saturated carbocycles. The molecule has 234 valence electrons. The minimum absolute atomic E-state index is 0.325. The summed E-state index contributed by atoms with van der Waals surface area (Å²) in [6, 6.07) is 10.5. The van der Waals surface area contributed by atoms with Crippen LogP contribution in [-0.4, -0.2) is 15.0 Å². The molecule has 0 saturated heterocycles. The van der Waals surface area contributed by atoms with Crippen molar-refractivity contribution in [2.75, 3.05) is 0 Å². The van der Waals surface area contributed by atoms with Crippen LogP contribution >= 0.6 is 0 Å². The number of rotatable bonds is 3. The summed E-state index contributed by atoms with van der Waals surface area (Å²) in [6.45, 7) is 7.12. The van der Waals surface area contributed by atoms with E-state index in [4.69, 9.17) is 6.57 Å². The van der Waals surface area contributed by atoms with Crippen LogP contribution in [-0.2, 0) is 18.5 Å². The van der Waals surface area contributed by atoms with E-state index in [1.54, 1.807) is 18.2 Å². The van der Waals surface area contributed by atoms with E-state index in [1.807, 2.05) is 0 Å². The zero-order chi connectivity index (χ0) is 35.8. The van der Waals surface area contributed by atoms with E-state index in [0.717, 1.165) is 18.2 Å². The predicted octanol–water partition coefficient (Wildman–Crippen LogP) is 7.47. The van der Waals surface area contributed by atoms with Crippen LogP contribution in [0.25, 0.3) is 21.6 Å². The van der Waals surface area contributed by atoms with E-state index >= 15 is 0 Å². The maximum atomic E-state index is 13.6. The minimum Gasteiger partial charge on any atom is -0.361 e. The van der Waals surface area contributed by atoms with E-state index in [1.165, 1.54) is 12.1 Å². The normalized spacial score (nSPS) is 15.8. The molecule has 0 spiro atoms. The fourth-order valence-electron chi connectivity index (χ4n) is 4.35. The topological polar surface area (TPSA) is 162 Å². The maximum Gasteiger partial charge on any atom is 0.456 e. The minimum atomic E-state index is -5.16. The summed E-state index contributed by atoms with van der Waals surface area (Å²) in [4.78, 5) is 12.2. The maximum absolute atomic E-state index is 13.6. The molecule has 3 aromatic heterocycles. The molecule has 3 aromatic rings. The molecule has 9 nitrogen and oxygen atoms in total. The highest BCUT2D eigenvalue weighted by atomic mass is 19.4. The molecule has 0 bridgehead atoms. The van der Waals surface area contributed by atoms with Crippen LogP contribution in [0.3, 0.4) is 0 Å². The number of aromatic nitrogens is 3. The van der Waals surface area contributed by atoms with Crippen molar-refractivity contribution < 1.29 is 39.5 Å². The van der Waals surface area contributed by atoms with Gasteiger partial charge in [0.25, 0.3) is 5.82 Å². The monoisotopic (exact) mass is 663 g/mol. The fraction of sp³-hybridized carbons (Fsp3) is 0.100. The smallest absolute Gasteiger partial charge is 0.361 e. The molecule has 1 aliphatic rings. The van der Waals surface area contributed by atoms with Crippen LogP contribution in [0.2, 0.25) is 0 Å². The average molecular weight is 663 g/mol. The Hall–Kier alpha value is -7.02. The molecule has 48 heavy (non-hydrogen) atoms. The number of halogens is 9. The Morgan fingerprint density at radius 3 is 1.10 bits per heavy atom. The molecular formula is C30H6F9N9. The molecule has 1 fully saturated rings. The van der Waals surface area contributed by atoms with Gasteiger partial charge < -0.3 is 4.85 Å². The van der Waals surface area contributed by atoms with Crippen LogP contribution in [0.4, 0.5) is 45.3 Å². The van der Waals surface area contributed by atoms with Crippen molar-refractivity contribution in [3.63, 3.8) is 0 Å². The van der Waals surface area contributed by atoms with Gasteiger partial charge in [-0.3, -0.25) is 0 Å². The Bertz CT molecular complexity index is 2000. The van der Waals surface area contributed by atoms with Crippen molar-refractivity contribution in [2.24, 2.45) is 0 Å². The van der Waals surface area contributed by atoms with Crippen LogP contribution in [0.5, 0.6) is 0 Å². The summed E-state index contributed by atoms with van der Waals surface area (Å²) >= 11 is 0. The van der Waals surface area contributed by atoms with Crippen LogP contribution in [0.1, 0.15) is 45.2 Å². The Morgan fingerprint density at radius 1 is 0.521 bits per heavy atom. The molecule has 4 rings (SSSR count).